The third-order valence-electron chi connectivity index (χ3n) is 6.73. The SMILES string of the molecule is O=C(Cc1cccc(F)c1)N1CCC(c2ccn3ncc(C(=O)N4CCCC4)c3c2)CC1. The minimum Gasteiger partial charge on any atom is -0.342 e. The maximum absolute atomic E-state index is 13.4. The molecular formula is C25H27FN4O2. The lowest BCUT2D eigenvalue weighted by Crippen LogP contribution is -2.38. The number of aromatic nitrogens is 2. The number of nitrogens with zero attached hydrogens (tertiary/aromatic N) is 4. The largest absolute Gasteiger partial charge is 0.342 e. The van der Waals surface area contributed by atoms with Crippen molar-refractivity contribution >= 4 is 17.3 Å². The highest BCUT2D eigenvalue weighted by atomic mass is 19.1. The van der Waals surface area contributed by atoms with Crippen LogP contribution in [-0.4, -0.2) is 57.4 Å². The molecule has 6 nitrogen and oxygen atoms in total. The van der Waals surface area contributed by atoms with Gasteiger partial charge in [0.05, 0.1) is 23.7 Å². The molecule has 2 aliphatic rings. The van der Waals surface area contributed by atoms with Crippen molar-refractivity contribution in [3.05, 3.63) is 71.3 Å². The minimum atomic E-state index is -0.313. The average Bonchev–Trinajstić information content (AvgIpc) is 3.49. The van der Waals surface area contributed by atoms with E-state index in [0.717, 1.165) is 44.3 Å². The molecule has 3 aromatic rings. The second-order valence-electron chi connectivity index (χ2n) is 8.81. The summed E-state index contributed by atoms with van der Waals surface area (Å²) in [5.41, 5.74) is 3.41. The summed E-state index contributed by atoms with van der Waals surface area (Å²) < 4.78 is 15.2. The lowest BCUT2D eigenvalue weighted by molar-refractivity contribution is -0.131. The van der Waals surface area contributed by atoms with Gasteiger partial charge in [-0.25, -0.2) is 8.91 Å². The Labute approximate surface area is 186 Å². The van der Waals surface area contributed by atoms with Gasteiger partial charge in [0, 0.05) is 32.4 Å². The zero-order chi connectivity index (χ0) is 22.1. The summed E-state index contributed by atoms with van der Waals surface area (Å²) in [4.78, 5) is 29.3. The molecule has 2 aromatic heterocycles. The van der Waals surface area contributed by atoms with Crippen molar-refractivity contribution < 1.29 is 14.0 Å². The van der Waals surface area contributed by atoms with E-state index >= 15 is 0 Å². The molecule has 0 unspecified atom stereocenters. The van der Waals surface area contributed by atoms with Gasteiger partial charge in [-0.15, -0.1) is 0 Å². The van der Waals surface area contributed by atoms with Gasteiger partial charge in [0.1, 0.15) is 5.82 Å². The van der Waals surface area contributed by atoms with Crippen molar-refractivity contribution in [2.45, 2.75) is 38.0 Å². The van der Waals surface area contributed by atoms with Crippen LogP contribution in [0.15, 0.2) is 48.8 Å². The molecule has 2 aliphatic heterocycles. The first-order chi connectivity index (χ1) is 15.6. The van der Waals surface area contributed by atoms with Crippen LogP contribution in [0.4, 0.5) is 4.39 Å². The molecule has 0 saturated carbocycles. The van der Waals surface area contributed by atoms with Gasteiger partial charge in [-0.1, -0.05) is 12.1 Å². The number of amides is 2. The van der Waals surface area contributed by atoms with Gasteiger partial charge >= 0.3 is 0 Å². The Balaban J connectivity index is 1.26. The molecule has 0 radical (unpaired) electrons. The highest BCUT2D eigenvalue weighted by Gasteiger charge is 2.26. The molecule has 0 spiro atoms. The van der Waals surface area contributed by atoms with Crippen molar-refractivity contribution in [2.75, 3.05) is 26.2 Å². The van der Waals surface area contributed by atoms with Crippen molar-refractivity contribution in [1.29, 1.82) is 0 Å². The lowest BCUT2D eigenvalue weighted by atomic mass is 9.89. The number of benzene rings is 1. The fraction of sp³-hybridized carbons (Fsp3) is 0.400. The smallest absolute Gasteiger partial charge is 0.257 e. The third kappa shape index (κ3) is 4.11. The molecule has 166 valence electrons. The Kier molecular flexibility index (Phi) is 5.64. The topological polar surface area (TPSA) is 57.9 Å². The van der Waals surface area contributed by atoms with Crippen LogP contribution in [0.1, 0.15) is 53.1 Å². The summed E-state index contributed by atoms with van der Waals surface area (Å²) in [6.45, 7) is 3.00. The molecule has 2 saturated heterocycles. The van der Waals surface area contributed by atoms with Gasteiger partial charge in [-0.05, 0) is 67.0 Å². The Morgan fingerprint density at radius 1 is 1.00 bits per heavy atom. The van der Waals surface area contributed by atoms with E-state index in [4.69, 9.17) is 0 Å². The number of hydrogen-bond acceptors (Lipinski definition) is 3. The number of rotatable bonds is 4. The summed E-state index contributed by atoms with van der Waals surface area (Å²) >= 11 is 0. The average molecular weight is 435 g/mol. The Bertz CT molecular complexity index is 1140. The number of fused-ring (bicyclic) bond motifs is 1. The molecule has 0 atom stereocenters. The van der Waals surface area contributed by atoms with Crippen molar-refractivity contribution in [2.24, 2.45) is 0 Å². The first-order valence-corrected chi connectivity index (χ1v) is 11.4. The number of hydrogen-bond donors (Lipinski definition) is 0. The molecule has 1 aromatic carbocycles. The van der Waals surface area contributed by atoms with Gasteiger partial charge in [-0.3, -0.25) is 9.59 Å². The third-order valence-corrected chi connectivity index (χ3v) is 6.73. The Hall–Kier alpha value is -3.22. The standard InChI is InChI=1S/C25H27FN4O2/c26-21-5-3-4-18(14-21)15-24(31)28-11-6-19(7-12-28)20-8-13-30-23(16-20)22(17-27-30)25(32)29-9-1-2-10-29/h3-5,8,13-14,16-17,19H,1-2,6-7,9-12,15H2. The van der Waals surface area contributed by atoms with E-state index in [9.17, 15) is 14.0 Å². The minimum absolute atomic E-state index is 0.0405. The van der Waals surface area contributed by atoms with Crippen LogP contribution in [0.2, 0.25) is 0 Å². The molecule has 0 aliphatic carbocycles. The van der Waals surface area contributed by atoms with Crippen LogP contribution in [0.25, 0.3) is 5.52 Å². The quantitative estimate of drug-likeness (QED) is 0.630. The predicted octanol–water partition coefficient (Wildman–Crippen LogP) is 3.66. The van der Waals surface area contributed by atoms with E-state index in [-0.39, 0.29) is 24.1 Å². The van der Waals surface area contributed by atoms with E-state index < -0.39 is 0 Å². The summed E-state index contributed by atoms with van der Waals surface area (Å²) in [6.07, 6.45) is 7.69. The molecule has 32 heavy (non-hydrogen) atoms. The van der Waals surface area contributed by atoms with Gasteiger partial charge in [0.2, 0.25) is 5.91 Å². The number of carbonyl (C=O) groups excluding carboxylic acids is 2. The Morgan fingerprint density at radius 3 is 2.53 bits per heavy atom. The van der Waals surface area contributed by atoms with Crippen LogP contribution >= 0.6 is 0 Å². The first-order valence-electron chi connectivity index (χ1n) is 11.4. The first kappa shape index (κ1) is 20.7. The van der Waals surface area contributed by atoms with Crippen LogP contribution < -0.4 is 0 Å². The molecule has 0 bridgehead atoms. The second kappa shape index (κ2) is 8.73. The van der Waals surface area contributed by atoms with Crippen molar-refractivity contribution in [3.63, 3.8) is 0 Å². The van der Waals surface area contributed by atoms with E-state index in [1.165, 1.54) is 17.7 Å². The zero-order valence-electron chi connectivity index (χ0n) is 18.0. The van der Waals surface area contributed by atoms with Crippen LogP contribution in [0.5, 0.6) is 0 Å². The fourth-order valence-corrected chi connectivity index (χ4v) is 4.90. The maximum atomic E-state index is 13.4. The van der Waals surface area contributed by atoms with Gasteiger partial charge < -0.3 is 9.80 Å². The van der Waals surface area contributed by atoms with Gasteiger partial charge in [-0.2, -0.15) is 5.10 Å². The molecular weight excluding hydrogens is 407 g/mol. The van der Waals surface area contributed by atoms with Crippen LogP contribution in [-0.2, 0) is 11.2 Å². The molecule has 2 fully saturated rings. The summed E-state index contributed by atoms with van der Waals surface area (Å²) in [6, 6.07) is 10.4. The van der Waals surface area contributed by atoms with E-state index in [1.54, 1.807) is 22.8 Å². The number of halogens is 1. The maximum Gasteiger partial charge on any atom is 0.257 e. The number of piperidine rings is 1. The van der Waals surface area contributed by atoms with Gasteiger partial charge in [0.15, 0.2) is 0 Å². The summed E-state index contributed by atoms with van der Waals surface area (Å²) in [5, 5.41) is 4.37. The molecule has 0 N–H and O–H groups in total. The van der Waals surface area contributed by atoms with E-state index in [0.29, 0.717) is 30.1 Å². The van der Waals surface area contributed by atoms with Crippen molar-refractivity contribution in [1.82, 2.24) is 19.4 Å². The number of likely N-dealkylation sites (tertiary alicyclic amines) is 2. The normalized spacial score (nSPS) is 17.3. The van der Waals surface area contributed by atoms with Crippen LogP contribution in [0, 0.1) is 5.82 Å². The van der Waals surface area contributed by atoms with E-state index in [2.05, 4.69) is 17.2 Å². The molecule has 5 rings (SSSR count). The highest BCUT2D eigenvalue weighted by Crippen LogP contribution is 2.30. The Morgan fingerprint density at radius 2 is 1.78 bits per heavy atom. The summed E-state index contributed by atoms with van der Waals surface area (Å²) in [5.74, 6) is 0.126. The van der Waals surface area contributed by atoms with E-state index in [1.807, 2.05) is 16.0 Å². The lowest BCUT2D eigenvalue weighted by Gasteiger charge is -2.32. The number of carbonyl (C=O) groups is 2. The molecule has 7 heteroatoms. The van der Waals surface area contributed by atoms with Gasteiger partial charge in [0.25, 0.3) is 5.91 Å². The molecule has 4 heterocycles. The molecule has 2 amide bonds. The van der Waals surface area contributed by atoms with Crippen LogP contribution in [0.3, 0.4) is 0 Å². The summed E-state index contributed by atoms with van der Waals surface area (Å²) in [7, 11) is 0. The zero-order valence-corrected chi connectivity index (χ0v) is 18.0. The number of pyridine rings is 1. The monoisotopic (exact) mass is 434 g/mol. The second-order valence-corrected chi connectivity index (χ2v) is 8.81. The highest BCUT2D eigenvalue weighted by molar-refractivity contribution is 6.00. The fourth-order valence-electron chi connectivity index (χ4n) is 4.90. The predicted molar refractivity (Wildman–Crippen MR) is 119 cm³/mol. The van der Waals surface area contributed by atoms with Crippen molar-refractivity contribution in [3.8, 4) is 0 Å².